The minimum Gasteiger partial charge on any atom is -0.496 e. The van der Waals surface area contributed by atoms with Gasteiger partial charge >= 0.3 is 0 Å². The Kier molecular flexibility index (Phi) is 3.35. The van der Waals surface area contributed by atoms with E-state index in [1.807, 2.05) is 20.8 Å². The van der Waals surface area contributed by atoms with Crippen LogP contribution in [0.2, 0.25) is 0 Å². The van der Waals surface area contributed by atoms with E-state index in [-0.39, 0.29) is 11.7 Å². The Bertz CT molecular complexity index is 347. The summed E-state index contributed by atoms with van der Waals surface area (Å²) >= 11 is 0. The van der Waals surface area contributed by atoms with Crippen molar-refractivity contribution in [2.45, 2.75) is 26.3 Å². The van der Waals surface area contributed by atoms with Crippen LogP contribution in [0.3, 0.4) is 0 Å². The molecule has 0 amide bonds. The molecule has 0 aliphatic carbocycles. The number of hydrogen-bond donors (Lipinski definition) is 1. The molecular formula is C12H18FNO. The van der Waals surface area contributed by atoms with Gasteiger partial charge in [0.05, 0.1) is 7.11 Å². The lowest BCUT2D eigenvalue weighted by atomic mass is 9.82. The standard InChI is InChI=1S/C12H18FNO/c1-8(2)12(3,14)10-7-9(13)5-6-11(10)15-4/h5-8H,14H2,1-4H3. The van der Waals surface area contributed by atoms with Gasteiger partial charge in [0.1, 0.15) is 11.6 Å². The maximum absolute atomic E-state index is 13.2. The van der Waals surface area contributed by atoms with Crippen molar-refractivity contribution in [2.75, 3.05) is 7.11 Å². The molecule has 2 N–H and O–H groups in total. The van der Waals surface area contributed by atoms with E-state index in [1.54, 1.807) is 13.2 Å². The zero-order valence-corrected chi connectivity index (χ0v) is 9.67. The van der Waals surface area contributed by atoms with Crippen LogP contribution < -0.4 is 10.5 Å². The van der Waals surface area contributed by atoms with E-state index in [0.29, 0.717) is 11.3 Å². The molecule has 0 fully saturated rings. The van der Waals surface area contributed by atoms with Crippen LogP contribution >= 0.6 is 0 Å². The summed E-state index contributed by atoms with van der Waals surface area (Å²) in [6, 6.07) is 4.43. The first-order chi connectivity index (χ1) is 6.89. The fraction of sp³-hybridized carbons (Fsp3) is 0.500. The van der Waals surface area contributed by atoms with Crippen LogP contribution in [-0.4, -0.2) is 7.11 Å². The van der Waals surface area contributed by atoms with Gasteiger partial charge in [-0.05, 0) is 31.0 Å². The zero-order valence-electron chi connectivity index (χ0n) is 9.67. The molecule has 0 radical (unpaired) electrons. The molecular weight excluding hydrogens is 193 g/mol. The SMILES string of the molecule is COc1ccc(F)cc1C(C)(N)C(C)C. The molecule has 1 aromatic carbocycles. The van der Waals surface area contributed by atoms with Gasteiger partial charge in [-0.25, -0.2) is 4.39 Å². The second-order valence-corrected chi connectivity index (χ2v) is 4.28. The van der Waals surface area contributed by atoms with E-state index in [9.17, 15) is 4.39 Å². The molecule has 0 aromatic heterocycles. The largest absolute Gasteiger partial charge is 0.496 e. The maximum Gasteiger partial charge on any atom is 0.124 e. The van der Waals surface area contributed by atoms with Crippen molar-refractivity contribution in [1.29, 1.82) is 0 Å². The van der Waals surface area contributed by atoms with Gasteiger partial charge in [-0.3, -0.25) is 0 Å². The Morgan fingerprint density at radius 2 is 2.00 bits per heavy atom. The third-order valence-corrected chi connectivity index (χ3v) is 2.94. The van der Waals surface area contributed by atoms with E-state index in [1.165, 1.54) is 12.1 Å². The summed E-state index contributed by atoms with van der Waals surface area (Å²) in [6.45, 7) is 5.89. The average molecular weight is 211 g/mol. The van der Waals surface area contributed by atoms with Crippen LogP contribution in [0.1, 0.15) is 26.3 Å². The van der Waals surface area contributed by atoms with E-state index in [2.05, 4.69) is 0 Å². The fourth-order valence-electron chi connectivity index (χ4n) is 1.41. The third kappa shape index (κ3) is 2.29. The van der Waals surface area contributed by atoms with Gasteiger partial charge < -0.3 is 10.5 Å². The first-order valence-corrected chi connectivity index (χ1v) is 5.02. The van der Waals surface area contributed by atoms with Crippen molar-refractivity contribution >= 4 is 0 Å². The Morgan fingerprint density at radius 1 is 1.40 bits per heavy atom. The Hall–Kier alpha value is -1.09. The summed E-state index contributed by atoms with van der Waals surface area (Å²) in [7, 11) is 1.56. The summed E-state index contributed by atoms with van der Waals surface area (Å²) < 4.78 is 18.4. The van der Waals surface area contributed by atoms with Gasteiger partial charge in [-0.1, -0.05) is 13.8 Å². The summed E-state index contributed by atoms with van der Waals surface area (Å²) in [5.41, 5.74) is 6.30. The molecule has 0 saturated carbocycles. The molecule has 84 valence electrons. The molecule has 3 heteroatoms. The molecule has 1 aromatic rings. The first kappa shape index (κ1) is 12.0. The number of rotatable bonds is 3. The molecule has 1 atom stereocenters. The Labute approximate surface area is 90.2 Å². The lowest BCUT2D eigenvalue weighted by Crippen LogP contribution is -2.39. The van der Waals surface area contributed by atoms with Crippen LogP contribution in [-0.2, 0) is 5.54 Å². The third-order valence-electron chi connectivity index (χ3n) is 2.94. The van der Waals surface area contributed by atoms with Gasteiger partial charge in [0, 0.05) is 11.1 Å². The van der Waals surface area contributed by atoms with Crippen LogP contribution in [0.4, 0.5) is 4.39 Å². The predicted molar refractivity (Wildman–Crippen MR) is 59.3 cm³/mol. The van der Waals surface area contributed by atoms with Crippen molar-refractivity contribution in [1.82, 2.24) is 0 Å². The van der Waals surface area contributed by atoms with Gasteiger partial charge in [0.15, 0.2) is 0 Å². The van der Waals surface area contributed by atoms with Gasteiger partial charge in [-0.2, -0.15) is 0 Å². The van der Waals surface area contributed by atoms with Crippen molar-refractivity contribution in [2.24, 2.45) is 11.7 Å². The highest BCUT2D eigenvalue weighted by molar-refractivity contribution is 5.39. The maximum atomic E-state index is 13.2. The number of benzene rings is 1. The summed E-state index contributed by atoms with van der Waals surface area (Å²) in [4.78, 5) is 0. The van der Waals surface area contributed by atoms with Gasteiger partial charge in [0.25, 0.3) is 0 Å². The van der Waals surface area contributed by atoms with E-state index >= 15 is 0 Å². The highest BCUT2D eigenvalue weighted by Gasteiger charge is 2.28. The molecule has 0 aliphatic rings. The van der Waals surface area contributed by atoms with Gasteiger partial charge in [0.2, 0.25) is 0 Å². The Morgan fingerprint density at radius 3 is 2.47 bits per heavy atom. The van der Waals surface area contributed by atoms with E-state index < -0.39 is 5.54 Å². The Balaban J connectivity index is 3.28. The lowest BCUT2D eigenvalue weighted by molar-refractivity contribution is 0.324. The molecule has 1 rings (SSSR count). The zero-order chi connectivity index (χ0) is 11.6. The second-order valence-electron chi connectivity index (χ2n) is 4.28. The monoisotopic (exact) mass is 211 g/mol. The van der Waals surface area contributed by atoms with Crippen LogP contribution in [0, 0.1) is 11.7 Å². The molecule has 0 aliphatic heterocycles. The summed E-state index contributed by atoms with van der Waals surface area (Å²) in [5, 5.41) is 0. The summed E-state index contributed by atoms with van der Waals surface area (Å²) in [5.74, 6) is 0.548. The number of halogens is 1. The number of hydrogen-bond acceptors (Lipinski definition) is 2. The van der Waals surface area contributed by atoms with Crippen LogP contribution in [0.25, 0.3) is 0 Å². The van der Waals surface area contributed by atoms with Crippen molar-refractivity contribution in [3.8, 4) is 5.75 Å². The normalized spacial score (nSPS) is 15.1. The fourth-order valence-corrected chi connectivity index (χ4v) is 1.41. The smallest absolute Gasteiger partial charge is 0.124 e. The molecule has 0 heterocycles. The van der Waals surface area contributed by atoms with E-state index in [4.69, 9.17) is 10.5 Å². The van der Waals surface area contributed by atoms with Crippen molar-refractivity contribution < 1.29 is 9.13 Å². The van der Waals surface area contributed by atoms with E-state index in [0.717, 1.165) is 0 Å². The minimum absolute atomic E-state index is 0.202. The molecule has 0 saturated heterocycles. The number of nitrogens with two attached hydrogens (primary N) is 1. The lowest BCUT2D eigenvalue weighted by Gasteiger charge is -2.31. The van der Waals surface area contributed by atoms with Crippen LogP contribution in [0.15, 0.2) is 18.2 Å². The summed E-state index contributed by atoms with van der Waals surface area (Å²) in [6.07, 6.45) is 0. The molecule has 1 unspecified atom stereocenters. The number of methoxy groups -OCH3 is 1. The quantitative estimate of drug-likeness (QED) is 0.834. The molecule has 0 spiro atoms. The molecule has 15 heavy (non-hydrogen) atoms. The molecule has 0 bridgehead atoms. The number of ether oxygens (including phenoxy) is 1. The predicted octanol–water partition coefficient (Wildman–Crippen LogP) is 2.66. The average Bonchev–Trinajstić information content (AvgIpc) is 2.17. The second kappa shape index (κ2) is 4.19. The minimum atomic E-state index is -0.590. The highest BCUT2D eigenvalue weighted by atomic mass is 19.1. The van der Waals surface area contributed by atoms with Crippen molar-refractivity contribution in [3.05, 3.63) is 29.6 Å². The topological polar surface area (TPSA) is 35.2 Å². The highest BCUT2D eigenvalue weighted by Crippen LogP contribution is 2.33. The molecule has 2 nitrogen and oxygen atoms in total. The first-order valence-electron chi connectivity index (χ1n) is 5.02. The van der Waals surface area contributed by atoms with Crippen LogP contribution in [0.5, 0.6) is 5.75 Å². The van der Waals surface area contributed by atoms with Crippen molar-refractivity contribution in [3.63, 3.8) is 0 Å². The van der Waals surface area contributed by atoms with Gasteiger partial charge in [-0.15, -0.1) is 0 Å².